The fraction of sp³-hybridized carbons (Fsp3) is 0.190. The second-order valence-electron chi connectivity index (χ2n) is 6.45. The Bertz CT molecular complexity index is 1170. The summed E-state index contributed by atoms with van der Waals surface area (Å²) in [5.74, 6) is 0.411. The molecule has 2 heterocycles. The van der Waals surface area contributed by atoms with E-state index in [1.807, 2.05) is 24.3 Å². The molecule has 4 aromatic rings. The normalized spacial score (nSPS) is 11.1. The molecule has 0 fully saturated rings. The number of fused-ring (bicyclic) bond motifs is 2. The topological polar surface area (TPSA) is 69.0 Å². The highest BCUT2D eigenvalue weighted by Gasteiger charge is 2.16. The number of ether oxygens (including phenoxy) is 1. The summed E-state index contributed by atoms with van der Waals surface area (Å²) < 4.78 is 20.2. The average molecular weight is 378 g/mol. The largest absolute Gasteiger partial charge is 0.497 e. The van der Waals surface area contributed by atoms with Crippen molar-refractivity contribution >= 4 is 33.7 Å². The molecular weight excluding hydrogens is 359 g/mol. The lowest BCUT2D eigenvalue weighted by atomic mass is 10.1. The van der Waals surface area contributed by atoms with Gasteiger partial charge in [-0.15, -0.1) is 0 Å². The summed E-state index contributed by atoms with van der Waals surface area (Å²) in [5.41, 5.74) is 1.88. The molecule has 2 aromatic heterocycles. The van der Waals surface area contributed by atoms with Gasteiger partial charge in [-0.1, -0.05) is 6.92 Å². The van der Waals surface area contributed by atoms with Gasteiger partial charge in [-0.25, -0.2) is 14.1 Å². The lowest BCUT2D eigenvalue weighted by Gasteiger charge is -2.04. The van der Waals surface area contributed by atoms with Crippen molar-refractivity contribution in [3.63, 3.8) is 0 Å². The van der Waals surface area contributed by atoms with Gasteiger partial charge in [-0.3, -0.25) is 4.79 Å². The number of carbonyl (C=O) groups excluding carboxylic acids is 1. The number of amides is 1. The van der Waals surface area contributed by atoms with Crippen LogP contribution in [0.5, 0.6) is 5.75 Å². The van der Waals surface area contributed by atoms with Gasteiger partial charge in [0, 0.05) is 17.5 Å². The molecule has 2 aromatic carbocycles. The van der Waals surface area contributed by atoms with Crippen LogP contribution in [0, 0.1) is 5.82 Å². The molecule has 142 valence electrons. The zero-order valence-electron chi connectivity index (χ0n) is 15.6. The molecule has 0 saturated heterocycles. The predicted octanol–water partition coefficient (Wildman–Crippen LogP) is 4.39. The van der Waals surface area contributed by atoms with E-state index < -0.39 is 0 Å². The number of nitrogens with zero attached hydrogens (tertiary/aromatic N) is 3. The summed E-state index contributed by atoms with van der Waals surface area (Å²) in [6.07, 6.45) is 0.879. The Morgan fingerprint density at radius 3 is 2.68 bits per heavy atom. The molecule has 0 saturated carbocycles. The molecule has 28 heavy (non-hydrogen) atoms. The highest BCUT2D eigenvalue weighted by atomic mass is 19.1. The maximum Gasteiger partial charge on any atom is 0.256 e. The Morgan fingerprint density at radius 1 is 1.18 bits per heavy atom. The number of aryl methyl sites for hydroxylation is 1. The molecule has 0 aliphatic heterocycles. The zero-order valence-corrected chi connectivity index (χ0v) is 15.6. The summed E-state index contributed by atoms with van der Waals surface area (Å²) in [4.78, 5) is 17.3. The average Bonchev–Trinajstić information content (AvgIpc) is 3.03. The molecule has 0 bridgehead atoms. The monoisotopic (exact) mass is 378 g/mol. The van der Waals surface area contributed by atoms with Crippen molar-refractivity contribution in [1.29, 1.82) is 0 Å². The van der Waals surface area contributed by atoms with Crippen LogP contribution in [0.25, 0.3) is 21.9 Å². The first-order chi connectivity index (χ1) is 13.6. The van der Waals surface area contributed by atoms with Gasteiger partial charge in [0.2, 0.25) is 0 Å². The van der Waals surface area contributed by atoms with Crippen LogP contribution in [-0.4, -0.2) is 27.8 Å². The lowest BCUT2D eigenvalue weighted by Crippen LogP contribution is -2.13. The van der Waals surface area contributed by atoms with Crippen molar-refractivity contribution < 1.29 is 13.9 Å². The summed E-state index contributed by atoms with van der Waals surface area (Å²) in [5, 5.41) is 9.00. The van der Waals surface area contributed by atoms with Gasteiger partial charge in [0.05, 0.1) is 18.0 Å². The van der Waals surface area contributed by atoms with Crippen LogP contribution in [0.1, 0.15) is 23.7 Å². The highest BCUT2D eigenvalue weighted by molar-refractivity contribution is 6.08. The van der Waals surface area contributed by atoms with E-state index in [0.29, 0.717) is 23.6 Å². The molecule has 6 nitrogen and oxygen atoms in total. The van der Waals surface area contributed by atoms with E-state index in [2.05, 4.69) is 17.3 Å². The number of pyridine rings is 1. The maximum atomic E-state index is 13.1. The first-order valence-corrected chi connectivity index (χ1v) is 9.01. The second-order valence-corrected chi connectivity index (χ2v) is 6.45. The van der Waals surface area contributed by atoms with E-state index in [-0.39, 0.29) is 11.7 Å². The fourth-order valence-electron chi connectivity index (χ4n) is 3.11. The van der Waals surface area contributed by atoms with Crippen molar-refractivity contribution in [3.05, 3.63) is 59.9 Å². The van der Waals surface area contributed by atoms with Crippen LogP contribution < -0.4 is 10.1 Å². The number of hydrogen-bond acceptors (Lipinski definition) is 4. The number of rotatable bonds is 5. The molecule has 0 spiro atoms. The second kappa shape index (κ2) is 7.26. The van der Waals surface area contributed by atoms with Gasteiger partial charge < -0.3 is 10.1 Å². The molecule has 0 aliphatic carbocycles. The third kappa shape index (κ3) is 3.26. The molecule has 7 heteroatoms. The van der Waals surface area contributed by atoms with Crippen molar-refractivity contribution in [2.24, 2.45) is 0 Å². The number of anilines is 1. The van der Waals surface area contributed by atoms with Gasteiger partial charge >= 0.3 is 0 Å². The number of hydrogen-bond donors (Lipinski definition) is 1. The van der Waals surface area contributed by atoms with Crippen molar-refractivity contribution in [1.82, 2.24) is 14.8 Å². The molecule has 1 amide bonds. The quantitative estimate of drug-likeness (QED) is 0.559. The molecule has 0 unspecified atom stereocenters. The minimum Gasteiger partial charge on any atom is -0.497 e. The smallest absolute Gasteiger partial charge is 0.256 e. The SMILES string of the molecule is CCCn1nc(NC(=O)c2ccc(F)cc2)c2cc3cc(OC)ccc3nc21. The van der Waals surface area contributed by atoms with E-state index in [4.69, 9.17) is 9.72 Å². The Labute approximate surface area is 160 Å². The van der Waals surface area contributed by atoms with Crippen LogP contribution in [0.2, 0.25) is 0 Å². The van der Waals surface area contributed by atoms with Crippen LogP contribution in [0.15, 0.2) is 48.5 Å². The van der Waals surface area contributed by atoms with E-state index in [1.165, 1.54) is 24.3 Å². The molecule has 0 aliphatic rings. The summed E-state index contributed by atoms with van der Waals surface area (Å²) in [6, 6.07) is 13.0. The molecule has 0 atom stereocenters. The van der Waals surface area contributed by atoms with Crippen LogP contribution >= 0.6 is 0 Å². The van der Waals surface area contributed by atoms with Crippen molar-refractivity contribution in [2.75, 3.05) is 12.4 Å². The fourth-order valence-corrected chi connectivity index (χ4v) is 3.11. The Morgan fingerprint density at radius 2 is 1.96 bits per heavy atom. The zero-order chi connectivity index (χ0) is 19.7. The van der Waals surface area contributed by atoms with Crippen LogP contribution in [0.4, 0.5) is 10.2 Å². The van der Waals surface area contributed by atoms with Gasteiger partial charge in [0.1, 0.15) is 11.6 Å². The number of aromatic nitrogens is 3. The van der Waals surface area contributed by atoms with E-state index in [9.17, 15) is 9.18 Å². The summed E-state index contributed by atoms with van der Waals surface area (Å²) >= 11 is 0. The van der Waals surface area contributed by atoms with Crippen LogP contribution in [-0.2, 0) is 6.54 Å². The summed E-state index contributed by atoms with van der Waals surface area (Å²) in [7, 11) is 1.61. The maximum absolute atomic E-state index is 13.1. The molecule has 4 rings (SSSR count). The minimum absolute atomic E-state index is 0.353. The number of methoxy groups -OCH3 is 1. The lowest BCUT2D eigenvalue weighted by molar-refractivity contribution is 0.102. The van der Waals surface area contributed by atoms with E-state index in [1.54, 1.807) is 11.8 Å². The van der Waals surface area contributed by atoms with E-state index in [0.717, 1.165) is 28.5 Å². The van der Waals surface area contributed by atoms with Gasteiger partial charge in [-0.05, 0) is 55.0 Å². The first kappa shape index (κ1) is 17.9. The number of benzene rings is 2. The molecule has 1 N–H and O–H groups in total. The Hall–Kier alpha value is -3.48. The highest BCUT2D eigenvalue weighted by Crippen LogP contribution is 2.28. The van der Waals surface area contributed by atoms with Gasteiger partial charge in [0.25, 0.3) is 5.91 Å². The van der Waals surface area contributed by atoms with Crippen LogP contribution in [0.3, 0.4) is 0 Å². The third-order valence-electron chi connectivity index (χ3n) is 4.50. The first-order valence-electron chi connectivity index (χ1n) is 9.01. The Balaban J connectivity index is 1.80. The van der Waals surface area contributed by atoms with E-state index >= 15 is 0 Å². The summed E-state index contributed by atoms with van der Waals surface area (Å²) in [6.45, 7) is 2.73. The molecular formula is C21H19FN4O2. The number of halogens is 1. The van der Waals surface area contributed by atoms with Gasteiger partial charge in [0.15, 0.2) is 11.5 Å². The number of nitrogens with one attached hydrogen (secondary N) is 1. The third-order valence-corrected chi connectivity index (χ3v) is 4.50. The minimum atomic E-state index is -0.390. The predicted molar refractivity (Wildman–Crippen MR) is 106 cm³/mol. The van der Waals surface area contributed by atoms with Crippen molar-refractivity contribution in [2.45, 2.75) is 19.9 Å². The standard InChI is InChI=1S/C21H19FN4O2/c1-3-10-26-20-17(12-14-11-16(28-2)8-9-18(14)23-20)19(25-26)24-21(27)13-4-6-15(22)7-5-13/h4-9,11-12H,3,10H2,1-2H3,(H,24,25,27). The number of carbonyl (C=O) groups is 1. The van der Waals surface area contributed by atoms with Crippen molar-refractivity contribution in [3.8, 4) is 5.75 Å². The Kier molecular flexibility index (Phi) is 4.65. The van der Waals surface area contributed by atoms with Gasteiger partial charge in [-0.2, -0.15) is 5.10 Å². The molecule has 0 radical (unpaired) electrons.